The van der Waals surface area contributed by atoms with Gasteiger partial charge in [0.05, 0.1) is 11.6 Å². The first-order valence-corrected chi connectivity index (χ1v) is 8.75. The molecule has 0 aliphatic heterocycles. The average Bonchev–Trinajstić information content (AvgIpc) is 2.64. The van der Waals surface area contributed by atoms with Gasteiger partial charge in [0.1, 0.15) is 5.75 Å². The number of carbonyl (C=O) groups is 2. The van der Waals surface area contributed by atoms with Crippen molar-refractivity contribution in [3.05, 3.63) is 65.2 Å². The van der Waals surface area contributed by atoms with Crippen LogP contribution in [0, 0.1) is 5.92 Å². The van der Waals surface area contributed by atoms with Gasteiger partial charge in [-0.15, -0.1) is 0 Å². The normalized spacial score (nSPS) is 11.8. The van der Waals surface area contributed by atoms with Gasteiger partial charge in [0.15, 0.2) is 6.61 Å². The highest BCUT2D eigenvalue weighted by Crippen LogP contribution is 2.22. The van der Waals surface area contributed by atoms with Crippen molar-refractivity contribution in [3.8, 4) is 5.75 Å². The Kier molecular flexibility index (Phi) is 6.78. The third-order valence-electron chi connectivity index (χ3n) is 4.17. The molecule has 0 radical (unpaired) electrons. The molecule has 138 valence electrons. The number of rotatable bonds is 7. The summed E-state index contributed by atoms with van der Waals surface area (Å²) in [6, 6.07) is 13.7. The number of nitrogens with one attached hydrogen (secondary N) is 1. The molecular weight excluding hydrogens is 330 g/mol. The molecule has 2 aromatic carbocycles. The predicted molar refractivity (Wildman–Crippen MR) is 99.9 cm³/mol. The molecule has 0 heterocycles. The number of ether oxygens (including phenoxy) is 1. The Hall–Kier alpha value is -2.82. The summed E-state index contributed by atoms with van der Waals surface area (Å²) >= 11 is 0. The maximum absolute atomic E-state index is 12.2. The van der Waals surface area contributed by atoms with E-state index in [0.717, 1.165) is 12.0 Å². The first-order chi connectivity index (χ1) is 12.4. The fourth-order valence-corrected chi connectivity index (χ4v) is 2.62. The minimum atomic E-state index is -0.603. The van der Waals surface area contributed by atoms with E-state index in [4.69, 9.17) is 4.74 Å². The molecule has 2 N–H and O–H groups in total. The maximum Gasteiger partial charge on any atom is 0.338 e. The fraction of sp³-hybridized carbons (Fsp3) is 0.333. The lowest BCUT2D eigenvalue weighted by Crippen LogP contribution is -2.35. The van der Waals surface area contributed by atoms with Crippen LogP contribution in [0.2, 0.25) is 0 Å². The SMILES string of the molecule is CCc1ccc([C@@H](NC(=O)COC(=O)c2ccc(O)cc2)C(C)C)cc1. The van der Waals surface area contributed by atoms with Crippen LogP contribution in [0.3, 0.4) is 0 Å². The number of hydrogen-bond donors (Lipinski definition) is 2. The van der Waals surface area contributed by atoms with E-state index in [1.807, 2.05) is 26.0 Å². The number of carbonyl (C=O) groups excluding carboxylic acids is 2. The molecule has 0 aromatic heterocycles. The van der Waals surface area contributed by atoms with Gasteiger partial charge in [-0.1, -0.05) is 45.0 Å². The van der Waals surface area contributed by atoms with Gasteiger partial charge in [0, 0.05) is 0 Å². The van der Waals surface area contributed by atoms with E-state index < -0.39 is 5.97 Å². The van der Waals surface area contributed by atoms with Gasteiger partial charge < -0.3 is 15.2 Å². The van der Waals surface area contributed by atoms with Crippen molar-refractivity contribution in [2.24, 2.45) is 5.92 Å². The summed E-state index contributed by atoms with van der Waals surface area (Å²) in [5.74, 6) is -0.698. The summed E-state index contributed by atoms with van der Waals surface area (Å²) in [6.45, 7) is 5.80. The maximum atomic E-state index is 12.2. The van der Waals surface area contributed by atoms with Gasteiger partial charge >= 0.3 is 5.97 Å². The molecule has 0 aliphatic rings. The zero-order chi connectivity index (χ0) is 19.1. The first-order valence-electron chi connectivity index (χ1n) is 8.75. The molecule has 5 heteroatoms. The molecule has 0 aliphatic carbocycles. The summed E-state index contributed by atoms with van der Waals surface area (Å²) < 4.78 is 5.05. The predicted octanol–water partition coefficient (Wildman–Crippen LogP) is 3.62. The number of amides is 1. The quantitative estimate of drug-likeness (QED) is 0.744. The van der Waals surface area contributed by atoms with Crippen LogP contribution in [0.5, 0.6) is 5.75 Å². The number of phenolic OH excluding ortho intramolecular Hbond substituents is 1. The molecule has 0 saturated carbocycles. The van der Waals surface area contributed by atoms with Crippen LogP contribution in [0.1, 0.15) is 48.3 Å². The summed E-state index contributed by atoms with van der Waals surface area (Å²) in [5, 5.41) is 12.2. The Balaban J connectivity index is 1.94. The molecule has 1 atom stereocenters. The second kappa shape index (κ2) is 9.04. The number of aromatic hydroxyl groups is 1. The van der Waals surface area contributed by atoms with Crippen LogP contribution >= 0.6 is 0 Å². The molecule has 0 bridgehead atoms. The van der Waals surface area contributed by atoms with E-state index in [9.17, 15) is 14.7 Å². The lowest BCUT2D eigenvalue weighted by molar-refractivity contribution is -0.125. The molecule has 0 unspecified atom stereocenters. The molecule has 2 rings (SSSR count). The van der Waals surface area contributed by atoms with Crippen LogP contribution in [0.25, 0.3) is 0 Å². The summed E-state index contributed by atoms with van der Waals surface area (Å²) in [4.78, 5) is 24.2. The van der Waals surface area contributed by atoms with E-state index >= 15 is 0 Å². The van der Waals surface area contributed by atoms with Crippen molar-refractivity contribution in [2.45, 2.75) is 33.2 Å². The van der Waals surface area contributed by atoms with Crippen molar-refractivity contribution in [3.63, 3.8) is 0 Å². The second-order valence-electron chi connectivity index (χ2n) is 6.51. The second-order valence-corrected chi connectivity index (χ2v) is 6.51. The Labute approximate surface area is 154 Å². The average molecular weight is 355 g/mol. The number of aryl methyl sites for hydroxylation is 1. The van der Waals surface area contributed by atoms with Crippen LogP contribution in [-0.4, -0.2) is 23.6 Å². The Morgan fingerprint density at radius 1 is 1.04 bits per heavy atom. The van der Waals surface area contributed by atoms with Gasteiger partial charge in [-0.05, 0) is 47.7 Å². The van der Waals surface area contributed by atoms with E-state index in [1.165, 1.54) is 29.8 Å². The smallest absolute Gasteiger partial charge is 0.338 e. The minimum Gasteiger partial charge on any atom is -0.508 e. The molecule has 0 saturated heterocycles. The Bertz CT molecular complexity index is 736. The van der Waals surface area contributed by atoms with Crippen LogP contribution < -0.4 is 5.32 Å². The zero-order valence-electron chi connectivity index (χ0n) is 15.4. The van der Waals surface area contributed by atoms with Gasteiger partial charge in [0.2, 0.25) is 0 Å². The monoisotopic (exact) mass is 355 g/mol. The van der Waals surface area contributed by atoms with Gasteiger partial charge in [0.25, 0.3) is 5.91 Å². The van der Waals surface area contributed by atoms with Gasteiger partial charge in [-0.25, -0.2) is 4.79 Å². The largest absolute Gasteiger partial charge is 0.508 e. The molecule has 0 fully saturated rings. The highest BCUT2D eigenvalue weighted by molar-refractivity contribution is 5.91. The van der Waals surface area contributed by atoms with E-state index in [-0.39, 0.29) is 35.8 Å². The fourth-order valence-electron chi connectivity index (χ4n) is 2.62. The van der Waals surface area contributed by atoms with Crippen molar-refractivity contribution < 1.29 is 19.4 Å². The Morgan fingerprint density at radius 2 is 1.65 bits per heavy atom. The van der Waals surface area contributed by atoms with Crippen LogP contribution in [0.4, 0.5) is 0 Å². The van der Waals surface area contributed by atoms with Crippen molar-refractivity contribution >= 4 is 11.9 Å². The molecular formula is C21H25NO4. The van der Waals surface area contributed by atoms with Crippen molar-refractivity contribution in [1.29, 1.82) is 0 Å². The molecule has 2 aromatic rings. The highest BCUT2D eigenvalue weighted by Gasteiger charge is 2.19. The van der Waals surface area contributed by atoms with Crippen molar-refractivity contribution in [1.82, 2.24) is 5.32 Å². The first kappa shape index (κ1) is 19.5. The zero-order valence-corrected chi connectivity index (χ0v) is 15.4. The summed E-state index contributed by atoms with van der Waals surface area (Å²) in [7, 11) is 0. The molecule has 1 amide bonds. The van der Waals surface area contributed by atoms with Gasteiger partial charge in [-0.2, -0.15) is 0 Å². The summed E-state index contributed by atoms with van der Waals surface area (Å²) in [6.07, 6.45) is 0.964. The molecule has 0 spiro atoms. The third-order valence-corrected chi connectivity index (χ3v) is 4.17. The lowest BCUT2D eigenvalue weighted by Gasteiger charge is -2.23. The number of benzene rings is 2. The molecule has 26 heavy (non-hydrogen) atoms. The van der Waals surface area contributed by atoms with Gasteiger partial charge in [-0.3, -0.25) is 4.79 Å². The molecule has 5 nitrogen and oxygen atoms in total. The van der Waals surface area contributed by atoms with Crippen LogP contribution in [-0.2, 0) is 16.0 Å². The number of esters is 1. The van der Waals surface area contributed by atoms with E-state index in [1.54, 1.807) is 0 Å². The Morgan fingerprint density at radius 3 is 2.19 bits per heavy atom. The topological polar surface area (TPSA) is 75.6 Å². The highest BCUT2D eigenvalue weighted by atomic mass is 16.5. The standard InChI is InChI=1S/C21H25NO4/c1-4-15-5-7-16(8-6-15)20(14(2)3)22-19(24)13-26-21(25)17-9-11-18(23)12-10-17/h5-12,14,20,23H,4,13H2,1-3H3,(H,22,24)/t20-/m0/s1. The van der Waals surface area contributed by atoms with E-state index in [2.05, 4.69) is 24.4 Å². The third kappa shape index (κ3) is 5.34. The van der Waals surface area contributed by atoms with Crippen molar-refractivity contribution in [2.75, 3.05) is 6.61 Å². The van der Waals surface area contributed by atoms with Crippen LogP contribution in [0.15, 0.2) is 48.5 Å². The summed E-state index contributed by atoms with van der Waals surface area (Å²) in [5.41, 5.74) is 2.55. The number of hydrogen-bond acceptors (Lipinski definition) is 4. The number of phenols is 1. The lowest BCUT2D eigenvalue weighted by atomic mass is 9.95. The minimum absolute atomic E-state index is 0.0631. The van der Waals surface area contributed by atoms with E-state index in [0.29, 0.717) is 0 Å².